The second kappa shape index (κ2) is 6.55. The fourth-order valence-corrected chi connectivity index (χ4v) is 2.81. The Labute approximate surface area is 108 Å². The summed E-state index contributed by atoms with van der Waals surface area (Å²) in [4.78, 5) is 11.3. The van der Waals surface area contributed by atoms with Crippen molar-refractivity contribution in [3.8, 4) is 0 Å². The van der Waals surface area contributed by atoms with Crippen molar-refractivity contribution in [3.05, 3.63) is 35.9 Å². The fourth-order valence-electron chi connectivity index (χ4n) is 2.81. The van der Waals surface area contributed by atoms with Gasteiger partial charge in [0.25, 0.3) is 0 Å². The third kappa shape index (κ3) is 3.57. The van der Waals surface area contributed by atoms with E-state index in [4.69, 9.17) is 5.11 Å². The summed E-state index contributed by atoms with van der Waals surface area (Å²) >= 11 is 0. The maximum atomic E-state index is 11.3. The highest BCUT2D eigenvalue weighted by atomic mass is 16.3. The van der Waals surface area contributed by atoms with E-state index in [0.29, 0.717) is 5.92 Å². The number of nitrogens with one attached hydrogen (secondary N) is 1. The van der Waals surface area contributed by atoms with E-state index in [1.54, 1.807) is 0 Å². The number of hydrogen-bond acceptors (Lipinski definition) is 2. The molecule has 1 amide bonds. The molecule has 0 aliphatic heterocycles. The Balaban J connectivity index is 1.97. The van der Waals surface area contributed by atoms with Crippen molar-refractivity contribution in [1.29, 1.82) is 0 Å². The molecule has 1 saturated carbocycles. The maximum absolute atomic E-state index is 11.3. The van der Waals surface area contributed by atoms with Gasteiger partial charge in [-0.05, 0) is 30.7 Å². The zero-order valence-corrected chi connectivity index (χ0v) is 10.6. The van der Waals surface area contributed by atoms with Crippen LogP contribution in [-0.4, -0.2) is 23.7 Å². The van der Waals surface area contributed by atoms with Crippen LogP contribution in [0.5, 0.6) is 0 Å². The molecule has 3 nitrogen and oxygen atoms in total. The third-order valence-electron chi connectivity index (χ3n) is 3.74. The minimum atomic E-state index is -0.408. The van der Waals surface area contributed by atoms with E-state index >= 15 is 0 Å². The molecule has 98 valence electrons. The van der Waals surface area contributed by atoms with Crippen LogP contribution < -0.4 is 5.32 Å². The first-order valence-corrected chi connectivity index (χ1v) is 6.73. The largest absolute Gasteiger partial charge is 0.387 e. The number of amides is 1. The van der Waals surface area contributed by atoms with Crippen molar-refractivity contribution < 1.29 is 9.90 Å². The Kier molecular flexibility index (Phi) is 4.76. The summed E-state index contributed by atoms with van der Waals surface area (Å²) in [5.41, 5.74) is 1.33. The van der Waals surface area contributed by atoms with E-state index in [1.165, 1.54) is 18.4 Å². The van der Waals surface area contributed by atoms with Crippen LogP contribution >= 0.6 is 0 Å². The molecule has 0 heterocycles. The molecule has 0 bridgehead atoms. The summed E-state index contributed by atoms with van der Waals surface area (Å²) < 4.78 is 0. The van der Waals surface area contributed by atoms with Gasteiger partial charge in [-0.2, -0.15) is 0 Å². The predicted molar refractivity (Wildman–Crippen MR) is 71.1 cm³/mol. The number of hydrogen-bond donors (Lipinski definition) is 2. The quantitative estimate of drug-likeness (QED) is 0.853. The summed E-state index contributed by atoms with van der Waals surface area (Å²) in [5.74, 6) is 0.247. The zero-order valence-electron chi connectivity index (χ0n) is 10.6. The molecule has 1 aromatic carbocycles. The number of rotatable bonds is 4. The molecule has 2 rings (SSSR count). The van der Waals surface area contributed by atoms with Crippen molar-refractivity contribution in [2.24, 2.45) is 5.92 Å². The molecule has 1 fully saturated rings. The normalized spacial score (nSPS) is 23.6. The highest BCUT2D eigenvalue weighted by Crippen LogP contribution is 2.27. The van der Waals surface area contributed by atoms with E-state index in [2.05, 4.69) is 29.6 Å². The topological polar surface area (TPSA) is 49.3 Å². The van der Waals surface area contributed by atoms with Crippen molar-refractivity contribution in [2.75, 3.05) is 6.61 Å². The van der Waals surface area contributed by atoms with Gasteiger partial charge in [0.2, 0.25) is 5.91 Å². The molecule has 0 aromatic heterocycles. The van der Waals surface area contributed by atoms with Gasteiger partial charge in [-0.25, -0.2) is 0 Å². The molecule has 2 unspecified atom stereocenters. The fraction of sp³-hybridized carbons (Fsp3) is 0.533. The Morgan fingerprint density at radius 1 is 1.22 bits per heavy atom. The van der Waals surface area contributed by atoms with Gasteiger partial charge in [0, 0.05) is 6.04 Å². The standard InChI is InChI=1S/C15H21NO2/c17-11-15(18)16-14-9-5-4-8-13(14)10-12-6-2-1-3-7-12/h1-3,6-7,13-14,17H,4-5,8-11H2,(H,16,18). The summed E-state index contributed by atoms with van der Waals surface area (Å²) in [6, 6.07) is 10.6. The number of aliphatic hydroxyl groups excluding tert-OH is 1. The third-order valence-corrected chi connectivity index (χ3v) is 3.74. The van der Waals surface area contributed by atoms with Crippen LogP contribution in [0, 0.1) is 5.92 Å². The highest BCUT2D eigenvalue weighted by Gasteiger charge is 2.26. The highest BCUT2D eigenvalue weighted by molar-refractivity contribution is 5.77. The van der Waals surface area contributed by atoms with Crippen molar-refractivity contribution in [3.63, 3.8) is 0 Å². The summed E-state index contributed by atoms with van der Waals surface area (Å²) in [6.07, 6.45) is 5.61. The van der Waals surface area contributed by atoms with Gasteiger partial charge in [0.05, 0.1) is 0 Å². The lowest BCUT2D eigenvalue weighted by atomic mass is 9.80. The summed E-state index contributed by atoms with van der Waals surface area (Å²) in [5, 5.41) is 11.8. The Bertz CT molecular complexity index is 377. The monoisotopic (exact) mass is 247 g/mol. The first kappa shape index (κ1) is 13.1. The number of carbonyl (C=O) groups is 1. The first-order chi connectivity index (χ1) is 8.79. The Morgan fingerprint density at radius 2 is 1.94 bits per heavy atom. The van der Waals surface area contributed by atoms with E-state index in [-0.39, 0.29) is 11.9 Å². The molecule has 3 heteroatoms. The molecule has 0 radical (unpaired) electrons. The number of benzene rings is 1. The Hall–Kier alpha value is -1.35. The van der Waals surface area contributed by atoms with E-state index < -0.39 is 6.61 Å². The predicted octanol–water partition coefficient (Wildman–Crippen LogP) is 1.90. The second-order valence-corrected chi connectivity index (χ2v) is 5.07. The molecular formula is C15H21NO2. The molecule has 1 aliphatic rings. The van der Waals surface area contributed by atoms with Gasteiger partial charge in [-0.1, -0.05) is 43.2 Å². The molecule has 2 atom stereocenters. The van der Waals surface area contributed by atoms with Crippen LogP contribution in [0.25, 0.3) is 0 Å². The van der Waals surface area contributed by atoms with Crippen LogP contribution in [0.2, 0.25) is 0 Å². The van der Waals surface area contributed by atoms with Crippen molar-refractivity contribution in [2.45, 2.75) is 38.1 Å². The van der Waals surface area contributed by atoms with Crippen molar-refractivity contribution >= 4 is 5.91 Å². The zero-order chi connectivity index (χ0) is 12.8. The van der Waals surface area contributed by atoms with Gasteiger partial charge in [0.15, 0.2) is 0 Å². The van der Waals surface area contributed by atoms with Gasteiger partial charge in [-0.15, -0.1) is 0 Å². The van der Waals surface area contributed by atoms with Gasteiger partial charge < -0.3 is 10.4 Å². The molecule has 0 spiro atoms. The van der Waals surface area contributed by atoms with Crippen LogP contribution in [0.3, 0.4) is 0 Å². The van der Waals surface area contributed by atoms with E-state index in [9.17, 15) is 4.79 Å². The van der Waals surface area contributed by atoms with Crippen LogP contribution in [-0.2, 0) is 11.2 Å². The van der Waals surface area contributed by atoms with Crippen molar-refractivity contribution in [1.82, 2.24) is 5.32 Å². The summed E-state index contributed by atoms with van der Waals surface area (Å²) in [6.45, 7) is -0.408. The van der Waals surface area contributed by atoms with E-state index in [0.717, 1.165) is 19.3 Å². The van der Waals surface area contributed by atoms with E-state index in [1.807, 2.05) is 6.07 Å². The molecule has 1 aromatic rings. The lowest BCUT2D eigenvalue weighted by Gasteiger charge is -2.32. The lowest BCUT2D eigenvalue weighted by Crippen LogP contribution is -2.43. The van der Waals surface area contributed by atoms with Gasteiger partial charge >= 0.3 is 0 Å². The molecular weight excluding hydrogens is 226 g/mol. The van der Waals surface area contributed by atoms with Crippen LogP contribution in [0.4, 0.5) is 0 Å². The molecule has 18 heavy (non-hydrogen) atoms. The lowest BCUT2D eigenvalue weighted by molar-refractivity contribution is -0.125. The SMILES string of the molecule is O=C(CO)NC1CCCCC1Cc1ccccc1. The van der Waals surface area contributed by atoms with Crippen LogP contribution in [0.15, 0.2) is 30.3 Å². The Morgan fingerprint density at radius 3 is 2.67 bits per heavy atom. The summed E-state index contributed by atoms with van der Waals surface area (Å²) in [7, 11) is 0. The minimum Gasteiger partial charge on any atom is -0.387 e. The first-order valence-electron chi connectivity index (χ1n) is 6.73. The average molecular weight is 247 g/mol. The average Bonchev–Trinajstić information content (AvgIpc) is 2.42. The number of carbonyl (C=O) groups excluding carboxylic acids is 1. The maximum Gasteiger partial charge on any atom is 0.245 e. The van der Waals surface area contributed by atoms with Gasteiger partial charge in [0.1, 0.15) is 6.61 Å². The van der Waals surface area contributed by atoms with Gasteiger partial charge in [-0.3, -0.25) is 4.79 Å². The minimum absolute atomic E-state index is 0.221. The van der Waals surface area contributed by atoms with Crippen LogP contribution in [0.1, 0.15) is 31.2 Å². The molecule has 1 aliphatic carbocycles. The molecule has 2 N–H and O–H groups in total. The molecule has 0 saturated heterocycles. The number of aliphatic hydroxyl groups is 1. The second-order valence-electron chi connectivity index (χ2n) is 5.07. The smallest absolute Gasteiger partial charge is 0.245 e.